The minimum absolute atomic E-state index is 0.0122. The van der Waals surface area contributed by atoms with Crippen LogP contribution in [0.15, 0.2) is 157 Å². The largest absolute Gasteiger partial charge is 0.469 e. The summed E-state index contributed by atoms with van der Waals surface area (Å²) in [4.78, 5) is 111. The van der Waals surface area contributed by atoms with Gasteiger partial charge in [-0.2, -0.15) is 8.42 Å². The highest BCUT2D eigenvalue weighted by molar-refractivity contribution is 7.79. The molecule has 1 aliphatic heterocycles. The number of aromatic nitrogens is 3. The monoisotopic (exact) mass is 1570 g/mol. The van der Waals surface area contributed by atoms with Gasteiger partial charge in [-0.3, -0.25) is 53.4 Å². The van der Waals surface area contributed by atoms with Crippen molar-refractivity contribution in [2.24, 2.45) is 28.6 Å². The summed E-state index contributed by atoms with van der Waals surface area (Å²) < 4.78 is 47.6. The molecule has 1 fully saturated rings. The number of ketones is 2. The number of nitrogens with zero attached hydrogens (tertiary/aromatic N) is 6. The average molecular weight is 1580 g/mol. The Morgan fingerprint density at radius 2 is 1.31 bits per heavy atom. The molecule has 0 spiro atoms. The van der Waals surface area contributed by atoms with E-state index in [4.69, 9.17) is 36.7 Å². The van der Waals surface area contributed by atoms with Crippen LogP contribution in [0, 0.1) is 28.6 Å². The van der Waals surface area contributed by atoms with Crippen molar-refractivity contribution in [3.63, 3.8) is 0 Å². The number of nitrogens with one attached hydrogen (secondary N) is 4. The maximum absolute atomic E-state index is 14.3. The molecule has 0 radical (unpaired) electrons. The molecule has 0 unspecified atom stereocenters. The van der Waals surface area contributed by atoms with Crippen LogP contribution in [0.4, 0.5) is 9.59 Å². The molecule has 598 valence electrons. The third kappa shape index (κ3) is 33.8. The SMILES string of the molecule is CC(C)c1nc(CN(C)C(=O)N[C@@H](CCN2CCOCC2)C(=O)C[C@H](CC[C@H](Cc2ccccc2)NC(=O)OCc2cncs2)Cc2ccccc2)cs1.COC(=O)C[C@H](C(=O)NN(Cc1ccc(-c2ccccn2)cc1)C[C@H](O)[C@@H](CC(=O)[C@@H](NC(=O)CO)C(C)(C)C)Cc1ccccc1)C(C)(C)C.O=S(=O)(O)O. The van der Waals surface area contributed by atoms with E-state index in [0.29, 0.717) is 77.2 Å². The van der Waals surface area contributed by atoms with Crippen molar-refractivity contribution >= 4 is 74.5 Å². The van der Waals surface area contributed by atoms with Gasteiger partial charge in [-0.25, -0.2) is 19.6 Å². The van der Waals surface area contributed by atoms with Crippen molar-refractivity contribution in [1.29, 1.82) is 0 Å². The van der Waals surface area contributed by atoms with Crippen LogP contribution in [0.3, 0.4) is 0 Å². The Balaban J connectivity index is 0.000000324. The summed E-state index contributed by atoms with van der Waals surface area (Å²) in [6.07, 6.45) is 5.47. The van der Waals surface area contributed by atoms with Gasteiger partial charge in [0.05, 0.1) is 84.2 Å². The summed E-state index contributed by atoms with van der Waals surface area (Å²) in [5.74, 6) is -2.87. The van der Waals surface area contributed by atoms with Crippen molar-refractivity contribution < 1.29 is 75.5 Å². The standard InChI is InChI=1S/C41H54N6O5S2.C40H54N4O7.H2O4S/c1-30(2)39-43-35(28-53-39)26-46(3)40(49)45-37(16-17-47-18-20-51-21-19-47)38(48)24-33(22-31-10-6-4-7-11-31)14-15-34(23-32-12-8-5-9-13-32)44-41(50)52-27-36-25-42-29-54-36;1-39(2,3)31(23-36(49)51-7)38(50)43-44(24-28-16-18-29(19-17-28)32-15-11-12-20-41-32)25-34(47)30(21-27-13-9-8-10-14-27)22-33(46)37(40(4,5)6)42-35(48)26-45;1-5(2,3)4/h4-13,25,28-30,33-34,37H,14-24,26-27H2,1-3H3,(H,44,50)(H,45,49);8-20,30-31,34,37,45,47H,21-26H2,1-7H3,(H,42,48)(H,43,50);(H2,1,2,3,4)/t33-,34-,37+;30-,31-,34+,37-;/m11./s1. The minimum atomic E-state index is -4.67. The number of urea groups is 1. The molecule has 1 aliphatic rings. The summed E-state index contributed by atoms with van der Waals surface area (Å²) >= 11 is 3.04. The van der Waals surface area contributed by atoms with Crippen molar-refractivity contribution in [1.82, 2.24) is 51.1 Å². The number of hydrazine groups is 1. The van der Waals surface area contributed by atoms with E-state index < -0.39 is 81.7 Å². The Morgan fingerprint density at radius 3 is 1.85 bits per heavy atom. The van der Waals surface area contributed by atoms with Gasteiger partial charge in [-0.1, -0.05) is 177 Å². The van der Waals surface area contributed by atoms with Crippen LogP contribution < -0.4 is 21.4 Å². The number of morpholine rings is 1. The van der Waals surface area contributed by atoms with E-state index >= 15 is 0 Å². The first-order valence-electron chi connectivity index (χ1n) is 36.9. The van der Waals surface area contributed by atoms with E-state index in [9.17, 15) is 43.8 Å². The molecular formula is C81H110N10O16S3. The summed E-state index contributed by atoms with van der Waals surface area (Å²) in [6, 6.07) is 41.1. The highest BCUT2D eigenvalue weighted by Gasteiger charge is 2.38. The molecule has 26 nitrogen and oxygen atoms in total. The predicted octanol–water partition coefficient (Wildman–Crippen LogP) is 10.9. The Labute approximate surface area is 655 Å². The van der Waals surface area contributed by atoms with E-state index in [-0.39, 0.29) is 62.1 Å². The second-order valence-corrected chi connectivity index (χ2v) is 32.7. The molecule has 110 heavy (non-hydrogen) atoms. The van der Waals surface area contributed by atoms with Gasteiger partial charge in [0.2, 0.25) is 11.8 Å². The molecule has 29 heteroatoms. The number of aliphatic hydroxyl groups excluding tert-OH is 2. The van der Waals surface area contributed by atoms with Gasteiger partial charge in [0, 0.05) is 87.9 Å². The van der Waals surface area contributed by atoms with Crippen LogP contribution in [-0.4, -0.2) is 183 Å². The van der Waals surface area contributed by atoms with Crippen LogP contribution in [0.25, 0.3) is 11.3 Å². The van der Waals surface area contributed by atoms with Crippen LogP contribution in [0.1, 0.15) is 138 Å². The number of alkyl carbamates (subject to hydrolysis) is 1. The quantitative estimate of drug-likeness (QED) is 0.0102. The number of benzene rings is 4. The van der Waals surface area contributed by atoms with Crippen LogP contribution in [-0.2, 0) is 87.5 Å². The molecule has 3 aromatic heterocycles. The van der Waals surface area contributed by atoms with Gasteiger partial charge in [-0.05, 0) is 95.6 Å². The lowest BCUT2D eigenvalue weighted by molar-refractivity contribution is -0.148. The predicted molar refractivity (Wildman–Crippen MR) is 423 cm³/mol. The number of hydrogen-bond acceptors (Lipinski definition) is 21. The fourth-order valence-corrected chi connectivity index (χ4v) is 13.8. The minimum Gasteiger partial charge on any atom is -0.469 e. The molecule has 7 aromatic rings. The fraction of sp³-hybridized carbons (Fsp3) is 0.481. The smallest absolute Gasteiger partial charge is 0.407 e. The third-order valence-corrected chi connectivity index (χ3v) is 20.4. The number of amides is 5. The zero-order chi connectivity index (χ0) is 80.4. The molecule has 8 N–H and O–H groups in total. The fourth-order valence-electron chi connectivity index (χ4n) is 12.5. The number of hydrogen-bond donors (Lipinski definition) is 8. The van der Waals surface area contributed by atoms with E-state index in [1.54, 1.807) is 46.2 Å². The van der Waals surface area contributed by atoms with Crippen LogP contribution in [0.2, 0.25) is 0 Å². The van der Waals surface area contributed by atoms with Crippen LogP contribution in [0.5, 0.6) is 0 Å². The number of ether oxygens (including phenoxy) is 3. The summed E-state index contributed by atoms with van der Waals surface area (Å²) in [6.45, 7) is 18.9. The normalized spacial score (nSPS) is 14.5. The molecule has 7 atom stereocenters. The van der Waals surface area contributed by atoms with Gasteiger partial charge < -0.3 is 45.3 Å². The van der Waals surface area contributed by atoms with E-state index in [1.807, 2.05) is 156 Å². The first-order valence-corrected chi connectivity index (χ1v) is 40.0. The third-order valence-electron chi connectivity index (χ3n) is 18.5. The van der Waals surface area contributed by atoms with Crippen molar-refractivity contribution in [3.8, 4) is 11.3 Å². The number of rotatable bonds is 37. The average Bonchev–Trinajstić information content (AvgIpc) is 1.05. The number of Topliss-reactive ketones (excluding diaryl/α,β-unsaturated/α-hetero) is 2. The number of methoxy groups -OCH3 is 1. The van der Waals surface area contributed by atoms with Crippen LogP contribution >= 0.6 is 22.7 Å². The van der Waals surface area contributed by atoms with E-state index in [2.05, 4.69) is 74.4 Å². The summed E-state index contributed by atoms with van der Waals surface area (Å²) in [5.41, 5.74) is 10.0. The molecule has 4 aromatic carbocycles. The Bertz CT molecular complexity index is 4030. The maximum Gasteiger partial charge on any atom is 0.407 e. The molecule has 4 heterocycles. The molecule has 0 aliphatic carbocycles. The lowest BCUT2D eigenvalue weighted by atomic mass is 9.78. The van der Waals surface area contributed by atoms with Gasteiger partial charge in [0.15, 0.2) is 11.6 Å². The van der Waals surface area contributed by atoms with Gasteiger partial charge in [0.1, 0.15) is 13.2 Å². The topological polar surface area (TPSA) is 359 Å². The number of aliphatic hydroxyl groups is 2. The second-order valence-electron chi connectivity index (χ2n) is 29.9. The number of thiazole rings is 2. The Kier molecular flexibility index (Phi) is 37.3. The lowest BCUT2D eigenvalue weighted by Crippen LogP contribution is -2.52. The van der Waals surface area contributed by atoms with E-state index in [0.717, 1.165) is 62.2 Å². The zero-order valence-corrected chi connectivity index (χ0v) is 67.1. The van der Waals surface area contributed by atoms with Crippen molar-refractivity contribution in [3.05, 3.63) is 195 Å². The number of carbonyl (C=O) groups is 7. The Morgan fingerprint density at radius 1 is 0.700 bits per heavy atom. The highest BCUT2D eigenvalue weighted by atomic mass is 32.3. The highest BCUT2D eigenvalue weighted by Crippen LogP contribution is 2.32. The van der Waals surface area contributed by atoms with Gasteiger partial charge in [-0.15, -0.1) is 22.7 Å². The van der Waals surface area contributed by atoms with Gasteiger partial charge in [0.25, 0.3) is 0 Å². The van der Waals surface area contributed by atoms with Gasteiger partial charge >= 0.3 is 28.5 Å². The number of pyridine rings is 1. The number of esters is 1. The summed E-state index contributed by atoms with van der Waals surface area (Å²) in [5, 5.41) is 34.8. The molecule has 8 rings (SSSR count). The number of carbonyl (C=O) groups excluding carboxylic acids is 7. The lowest BCUT2D eigenvalue weighted by Gasteiger charge is -2.35. The summed E-state index contributed by atoms with van der Waals surface area (Å²) in [7, 11) is -1.64. The van der Waals surface area contributed by atoms with Crippen molar-refractivity contribution in [2.45, 2.75) is 163 Å². The molecule has 0 bridgehead atoms. The molecular weight excluding hydrogens is 1470 g/mol. The van der Waals surface area contributed by atoms with Crippen molar-refractivity contribution in [2.75, 3.05) is 60.2 Å². The Hall–Kier alpha value is -8.75. The second kappa shape index (κ2) is 45.5. The first-order chi connectivity index (χ1) is 52.2. The maximum atomic E-state index is 14.3. The first kappa shape index (κ1) is 90.1. The van der Waals surface area contributed by atoms with E-state index in [1.165, 1.54) is 18.4 Å². The molecule has 1 saturated heterocycles. The molecule has 0 saturated carbocycles. The zero-order valence-electron chi connectivity index (χ0n) is 64.7. The molecule has 5 amide bonds.